The molecule has 0 saturated heterocycles. The average molecular weight is 254 g/mol. The molecule has 2 aromatic rings. The predicted octanol–water partition coefficient (Wildman–Crippen LogP) is 2.71. The number of H-pyrrole nitrogens is 1. The van der Waals surface area contributed by atoms with Gasteiger partial charge in [0, 0.05) is 12.4 Å². The lowest BCUT2D eigenvalue weighted by Crippen LogP contribution is -2.20. The number of nitrogens with zero attached hydrogens (tertiary/aromatic N) is 1. The van der Waals surface area contributed by atoms with Crippen molar-refractivity contribution in [3.05, 3.63) is 52.8 Å². The topological polar surface area (TPSA) is 40.7 Å². The minimum absolute atomic E-state index is 0.0616. The first-order chi connectivity index (χ1) is 8.20. The Hall–Kier alpha value is -1.39. The van der Waals surface area contributed by atoms with Crippen LogP contribution in [0.25, 0.3) is 0 Å². The highest BCUT2D eigenvalue weighted by Gasteiger charge is 2.13. The molecular formula is C12H13ClFN3. The maximum Gasteiger partial charge on any atom is 0.141 e. The summed E-state index contributed by atoms with van der Waals surface area (Å²) >= 11 is 5.75. The summed E-state index contributed by atoms with van der Waals surface area (Å²) in [6.45, 7) is 0. The second-order valence-electron chi connectivity index (χ2n) is 3.77. The quantitative estimate of drug-likeness (QED) is 0.880. The van der Waals surface area contributed by atoms with Gasteiger partial charge in [0.2, 0.25) is 0 Å². The Morgan fingerprint density at radius 3 is 2.94 bits per heavy atom. The Morgan fingerprint density at radius 2 is 2.35 bits per heavy atom. The summed E-state index contributed by atoms with van der Waals surface area (Å²) in [4.78, 5) is 7.25. The zero-order chi connectivity index (χ0) is 12.3. The molecule has 1 heterocycles. The van der Waals surface area contributed by atoms with Crippen molar-refractivity contribution in [2.24, 2.45) is 0 Å². The molecule has 17 heavy (non-hydrogen) atoms. The van der Waals surface area contributed by atoms with Crippen molar-refractivity contribution in [1.29, 1.82) is 0 Å². The van der Waals surface area contributed by atoms with Gasteiger partial charge in [0.05, 0.1) is 11.1 Å². The van der Waals surface area contributed by atoms with Gasteiger partial charge < -0.3 is 10.3 Å². The molecule has 0 radical (unpaired) electrons. The van der Waals surface area contributed by atoms with Crippen LogP contribution in [-0.2, 0) is 6.42 Å². The molecule has 0 aliphatic heterocycles. The number of hydrogen-bond acceptors (Lipinski definition) is 2. The second kappa shape index (κ2) is 5.29. The summed E-state index contributed by atoms with van der Waals surface area (Å²) in [5, 5.41) is 3.31. The van der Waals surface area contributed by atoms with E-state index in [2.05, 4.69) is 15.3 Å². The van der Waals surface area contributed by atoms with E-state index >= 15 is 0 Å². The molecule has 0 bridgehead atoms. The molecule has 1 aromatic heterocycles. The molecule has 0 fully saturated rings. The van der Waals surface area contributed by atoms with Crippen LogP contribution in [0.5, 0.6) is 0 Å². The highest BCUT2D eigenvalue weighted by Crippen LogP contribution is 2.20. The average Bonchev–Trinajstić information content (AvgIpc) is 2.84. The van der Waals surface area contributed by atoms with Crippen molar-refractivity contribution in [3.8, 4) is 0 Å². The van der Waals surface area contributed by atoms with Gasteiger partial charge in [-0.25, -0.2) is 9.37 Å². The van der Waals surface area contributed by atoms with Crippen LogP contribution >= 0.6 is 11.6 Å². The van der Waals surface area contributed by atoms with Crippen molar-refractivity contribution in [1.82, 2.24) is 15.3 Å². The van der Waals surface area contributed by atoms with Gasteiger partial charge in [0.25, 0.3) is 0 Å². The van der Waals surface area contributed by atoms with Crippen molar-refractivity contribution in [3.63, 3.8) is 0 Å². The van der Waals surface area contributed by atoms with Crippen LogP contribution in [-0.4, -0.2) is 17.0 Å². The fourth-order valence-corrected chi connectivity index (χ4v) is 1.91. The number of aromatic amines is 1. The SMILES string of the molecule is CNC(Cc1ccc(F)c(Cl)c1)c1ncc[nH]1. The van der Waals surface area contributed by atoms with Gasteiger partial charge in [-0.05, 0) is 31.2 Å². The van der Waals surface area contributed by atoms with Gasteiger partial charge in [-0.2, -0.15) is 0 Å². The third kappa shape index (κ3) is 2.84. The molecule has 3 nitrogen and oxygen atoms in total. The monoisotopic (exact) mass is 253 g/mol. The largest absolute Gasteiger partial charge is 0.347 e. The van der Waals surface area contributed by atoms with Crippen molar-refractivity contribution < 1.29 is 4.39 Å². The third-order valence-corrected chi connectivity index (χ3v) is 2.91. The Labute approximate surface area is 104 Å². The Morgan fingerprint density at radius 1 is 1.53 bits per heavy atom. The molecule has 5 heteroatoms. The van der Waals surface area contributed by atoms with Crippen LogP contribution in [0.3, 0.4) is 0 Å². The number of hydrogen-bond donors (Lipinski definition) is 2. The number of aromatic nitrogens is 2. The molecule has 2 N–H and O–H groups in total. The predicted molar refractivity (Wildman–Crippen MR) is 65.5 cm³/mol. The Bertz CT molecular complexity index is 485. The first-order valence-electron chi connectivity index (χ1n) is 5.31. The minimum atomic E-state index is -0.394. The van der Waals surface area contributed by atoms with E-state index in [1.54, 1.807) is 24.5 Å². The molecule has 0 saturated carbocycles. The van der Waals surface area contributed by atoms with Crippen molar-refractivity contribution >= 4 is 11.6 Å². The zero-order valence-corrected chi connectivity index (χ0v) is 10.1. The van der Waals surface area contributed by atoms with E-state index < -0.39 is 5.82 Å². The molecule has 0 spiro atoms. The van der Waals surface area contributed by atoms with E-state index in [0.717, 1.165) is 11.4 Å². The number of likely N-dealkylation sites (N-methyl/N-ethyl adjacent to an activating group) is 1. The van der Waals surface area contributed by atoms with Gasteiger partial charge in [-0.15, -0.1) is 0 Å². The number of imidazole rings is 1. The molecule has 90 valence electrons. The fourth-order valence-electron chi connectivity index (χ4n) is 1.71. The molecule has 1 aromatic carbocycles. The lowest BCUT2D eigenvalue weighted by Gasteiger charge is -2.13. The molecule has 0 aliphatic rings. The van der Waals surface area contributed by atoms with E-state index in [-0.39, 0.29) is 11.1 Å². The second-order valence-corrected chi connectivity index (χ2v) is 4.18. The summed E-state index contributed by atoms with van der Waals surface area (Å²) in [6.07, 6.45) is 4.18. The summed E-state index contributed by atoms with van der Waals surface area (Å²) < 4.78 is 13.0. The Balaban J connectivity index is 2.16. The van der Waals surface area contributed by atoms with E-state index in [1.165, 1.54) is 6.07 Å². The number of nitrogens with one attached hydrogen (secondary N) is 2. The smallest absolute Gasteiger partial charge is 0.141 e. The van der Waals surface area contributed by atoms with Crippen LogP contribution in [0.4, 0.5) is 4.39 Å². The molecule has 1 unspecified atom stereocenters. The van der Waals surface area contributed by atoms with Gasteiger partial charge in [0.1, 0.15) is 11.6 Å². The summed E-state index contributed by atoms with van der Waals surface area (Å²) in [5.74, 6) is 0.461. The fraction of sp³-hybridized carbons (Fsp3) is 0.250. The van der Waals surface area contributed by atoms with Crippen LogP contribution in [0.15, 0.2) is 30.6 Å². The maximum atomic E-state index is 13.0. The molecule has 1 atom stereocenters. The lowest BCUT2D eigenvalue weighted by atomic mass is 10.1. The first-order valence-corrected chi connectivity index (χ1v) is 5.69. The normalized spacial score (nSPS) is 12.6. The van der Waals surface area contributed by atoms with Crippen molar-refractivity contribution in [2.75, 3.05) is 7.05 Å². The molecule has 0 aliphatic carbocycles. The van der Waals surface area contributed by atoms with Crippen LogP contribution in [0, 0.1) is 5.82 Å². The number of benzene rings is 1. The first kappa shape index (κ1) is 12.1. The molecule has 2 rings (SSSR count). The van der Waals surface area contributed by atoms with Crippen molar-refractivity contribution in [2.45, 2.75) is 12.5 Å². The van der Waals surface area contributed by atoms with Gasteiger partial charge >= 0.3 is 0 Å². The van der Waals surface area contributed by atoms with E-state index in [4.69, 9.17) is 11.6 Å². The maximum absolute atomic E-state index is 13.0. The van der Waals surface area contributed by atoms with Gasteiger partial charge in [0.15, 0.2) is 0 Å². The number of halogens is 2. The molecular weight excluding hydrogens is 241 g/mol. The Kier molecular flexibility index (Phi) is 3.76. The van der Waals surface area contributed by atoms with Crippen LogP contribution < -0.4 is 5.32 Å². The van der Waals surface area contributed by atoms with Crippen LogP contribution in [0.2, 0.25) is 5.02 Å². The lowest BCUT2D eigenvalue weighted by molar-refractivity contribution is 0.561. The van der Waals surface area contributed by atoms with Crippen LogP contribution in [0.1, 0.15) is 17.4 Å². The highest BCUT2D eigenvalue weighted by atomic mass is 35.5. The molecule has 0 amide bonds. The summed E-state index contributed by atoms with van der Waals surface area (Å²) in [6, 6.07) is 4.82. The number of rotatable bonds is 4. The summed E-state index contributed by atoms with van der Waals surface area (Å²) in [5.41, 5.74) is 0.965. The highest BCUT2D eigenvalue weighted by molar-refractivity contribution is 6.30. The van der Waals surface area contributed by atoms with E-state index in [9.17, 15) is 4.39 Å². The third-order valence-electron chi connectivity index (χ3n) is 2.62. The van der Waals surface area contributed by atoms with E-state index in [1.807, 2.05) is 7.05 Å². The standard InChI is InChI=1S/C12H13ClFN3/c1-15-11(12-16-4-5-17-12)7-8-2-3-10(14)9(13)6-8/h2-6,11,15H,7H2,1H3,(H,16,17). The van der Waals surface area contributed by atoms with E-state index in [0.29, 0.717) is 6.42 Å². The zero-order valence-electron chi connectivity index (χ0n) is 9.37. The van der Waals surface area contributed by atoms with Gasteiger partial charge in [-0.1, -0.05) is 17.7 Å². The van der Waals surface area contributed by atoms with Gasteiger partial charge in [-0.3, -0.25) is 0 Å². The summed E-state index contributed by atoms with van der Waals surface area (Å²) in [7, 11) is 1.86. The minimum Gasteiger partial charge on any atom is -0.347 e.